The quantitative estimate of drug-likeness (QED) is 0.482. The van der Waals surface area contributed by atoms with Gasteiger partial charge in [0.1, 0.15) is 0 Å². The van der Waals surface area contributed by atoms with Crippen molar-refractivity contribution in [2.24, 2.45) is 0 Å². The molecular formula is C6H10NO. The van der Waals surface area contributed by atoms with Crippen molar-refractivity contribution in [1.82, 2.24) is 4.90 Å². The summed E-state index contributed by atoms with van der Waals surface area (Å²) in [6, 6.07) is 0. The largest absolute Gasteiger partial charge is 0.343 e. The molecule has 0 aliphatic carbocycles. The van der Waals surface area contributed by atoms with Gasteiger partial charge in [0.2, 0.25) is 5.91 Å². The second kappa shape index (κ2) is 2.16. The van der Waals surface area contributed by atoms with Crippen LogP contribution in [-0.2, 0) is 4.79 Å². The van der Waals surface area contributed by atoms with E-state index >= 15 is 0 Å². The molecule has 0 unspecified atom stereocenters. The first-order valence-electron chi connectivity index (χ1n) is 2.94. The predicted octanol–water partition coefficient (Wildman–Crippen LogP) is 0.443. The number of rotatable bonds is 1. The molecule has 1 aliphatic heterocycles. The van der Waals surface area contributed by atoms with E-state index in [2.05, 4.69) is 0 Å². The lowest BCUT2D eigenvalue weighted by Gasteiger charge is -2.09. The molecule has 0 spiro atoms. The summed E-state index contributed by atoms with van der Waals surface area (Å²) in [5.41, 5.74) is 0. The molecule has 0 saturated carbocycles. The first kappa shape index (κ1) is 5.60. The molecule has 2 heteroatoms. The average Bonchev–Trinajstić information content (AvgIpc) is 2.14. The maximum atomic E-state index is 10.7. The summed E-state index contributed by atoms with van der Waals surface area (Å²) in [7, 11) is 0. The molecule has 2 nitrogen and oxygen atoms in total. The van der Waals surface area contributed by atoms with Crippen LogP contribution < -0.4 is 0 Å². The molecule has 0 aromatic rings. The van der Waals surface area contributed by atoms with Crippen LogP contribution in [0.2, 0.25) is 0 Å². The number of likely N-dealkylation sites (tertiary alicyclic amines) is 1. The van der Waals surface area contributed by atoms with Gasteiger partial charge in [-0.05, 0) is 13.3 Å². The van der Waals surface area contributed by atoms with Crippen LogP contribution in [0, 0.1) is 6.42 Å². The van der Waals surface area contributed by atoms with Crippen molar-refractivity contribution in [3.63, 3.8) is 0 Å². The third-order valence-electron chi connectivity index (χ3n) is 1.40. The SMILES string of the molecule is CCN1C[CH]CC1=O. The third-order valence-corrected chi connectivity index (χ3v) is 1.40. The Labute approximate surface area is 49.5 Å². The fraction of sp³-hybridized carbons (Fsp3) is 0.667. The summed E-state index contributed by atoms with van der Waals surface area (Å²) >= 11 is 0. The number of nitrogens with zero attached hydrogens (tertiary/aromatic N) is 1. The van der Waals surface area contributed by atoms with Gasteiger partial charge in [-0.25, -0.2) is 0 Å². The van der Waals surface area contributed by atoms with Crippen LogP contribution >= 0.6 is 0 Å². The maximum absolute atomic E-state index is 10.7. The number of carbonyl (C=O) groups excluding carboxylic acids is 1. The second-order valence-corrected chi connectivity index (χ2v) is 1.93. The van der Waals surface area contributed by atoms with Gasteiger partial charge < -0.3 is 4.90 Å². The van der Waals surface area contributed by atoms with Gasteiger partial charge in [0.25, 0.3) is 0 Å². The van der Waals surface area contributed by atoms with Crippen LogP contribution in [0.15, 0.2) is 0 Å². The lowest BCUT2D eigenvalue weighted by molar-refractivity contribution is -0.127. The smallest absolute Gasteiger partial charge is 0.222 e. The number of hydrogen-bond acceptors (Lipinski definition) is 1. The van der Waals surface area contributed by atoms with Crippen molar-refractivity contribution in [2.75, 3.05) is 13.1 Å². The molecule has 1 heterocycles. The van der Waals surface area contributed by atoms with Crippen LogP contribution in [0.5, 0.6) is 0 Å². The topological polar surface area (TPSA) is 20.3 Å². The van der Waals surface area contributed by atoms with Gasteiger partial charge in [-0.1, -0.05) is 0 Å². The van der Waals surface area contributed by atoms with Crippen molar-refractivity contribution in [2.45, 2.75) is 13.3 Å². The van der Waals surface area contributed by atoms with Gasteiger partial charge in [0.15, 0.2) is 0 Å². The lowest BCUT2D eigenvalue weighted by atomic mass is 10.4. The number of carbonyl (C=O) groups is 1. The summed E-state index contributed by atoms with van der Waals surface area (Å²) in [5, 5.41) is 0. The van der Waals surface area contributed by atoms with Crippen LogP contribution in [0.1, 0.15) is 13.3 Å². The zero-order chi connectivity index (χ0) is 5.98. The Balaban J connectivity index is 2.42. The number of amides is 1. The zero-order valence-electron chi connectivity index (χ0n) is 5.05. The molecule has 8 heavy (non-hydrogen) atoms. The van der Waals surface area contributed by atoms with Gasteiger partial charge in [0.05, 0.1) is 0 Å². The Hall–Kier alpha value is -0.530. The molecule has 0 aromatic carbocycles. The molecule has 0 aromatic heterocycles. The summed E-state index contributed by atoms with van der Waals surface area (Å²) in [4.78, 5) is 12.5. The van der Waals surface area contributed by atoms with E-state index in [0.29, 0.717) is 6.42 Å². The summed E-state index contributed by atoms with van der Waals surface area (Å²) in [5.74, 6) is 0.271. The van der Waals surface area contributed by atoms with Crippen LogP contribution in [0.3, 0.4) is 0 Å². The Morgan fingerprint density at radius 3 is 2.88 bits per heavy atom. The Bertz CT molecular complexity index is 101. The minimum Gasteiger partial charge on any atom is -0.343 e. The lowest BCUT2D eigenvalue weighted by Crippen LogP contribution is -2.23. The van der Waals surface area contributed by atoms with E-state index in [-0.39, 0.29) is 5.91 Å². The molecule has 1 fully saturated rings. The molecule has 1 rings (SSSR count). The van der Waals surface area contributed by atoms with Crippen LogP contribution in [0.4, 0.5) is 0 Å². The van der Waals surface area contributed by atoms with Crippen molar-refractivity contribution in [3.8, 4) is 0 Å². The standard InChI is InChI=1S/C6H10NO/c1-2-7-5-3-4-6(7)8/h3H,2,4-5H2,1H3. The van der Waals surface area contributed by atoms with Crippen molar-refractivity contribution in [3.05, 3.63) is 6.42 Å². The highest BCUT2D eigenvalue weighted by atomic mass is 16.2. The first-order valence-corrected chi connectivity index (χ1v) is 2.94. The molecular weight excluding hydrogens is 102 g/mol. The Morgan fingerprint density at radius 2 is 2.62 bits per heavy atom. The van der Waals surface area contributed by atoms with Gasteiger partial charge >= 0.3 is 0 Å². The van der Waals surface area contributed by atoms with Crippen molar-refractivity contribution in [1.29, 1.82) is 0 Å². The van der Waals surface area contributed by atoms with Gasteiger partial charge in [-0.3, -0.25) is 4.79 Å². The van der Waals surface area contributed by atoms with E-state index in [4.69, 9.17) is 0 Å². The van der Waals surface area contributed by atoms with Crippen molar-refractivity contribution >= 4 is 5.91 Å². The third kappa shape index (κ3) is 0.831. The normalized spacial score (nSPS) is 20.1. The van der Waals surface area contributed by atoms with Crippen LogP contribution in [0.25, 0.3) is 0 Å². The van der Waals surface area contributed by atoms with Gasteiger partial charge in [-0.2, -0.15) is 0 Å². The summed E-state index contributed by atoms with van der Waals surface area (Å²) < 4.78 is 0. The van der Waals surface area contributed by atoms with E-state index in [1.54, 1.807) is 0 Å². The molecule has 1 aliphatic rings. The molecule has 1 amide bonds. The molecule has 1 saturated heterocycles. The Kier molecular flexibility index (Phi) is 1.51. The highest BCUT2D eigenvalue weighted by molar-refractivity contribution is 5.79. The fourth-order valence-electron chi connectivity index (χ4n) is 0.880. The highest BCUT2D eigenvalue weighted by Crippen LogP contribution is 2.06. The van der Waals surface area contributed by atoms with Crippen molar-refractivity contribution < 1.29 is 4.79 Å². The van der Waals surface area contributed by atoms with E-state index in [9.17, 15) is 4.79 Å². The Morgan fingerprint density at radius 1 is 1.88 bits per heavy atom. The predicted molar refractivity (Wildman–Crippen MR) is 31.2 cm³/mol. The summed E-state index contributed by atoms with van der Waals surface area (Å²) in [6.45, 7) is 3.71. The highest BCUT2D eigenvalue weighted by Gasteiger charge is 2.17. The summed E-state index contributed by atoms with van der Waals surface area (Å²) in [6.07, 6.45) is 2.65. The molecule has 0 bridgehead atoms. The van der Waals surface area contributed by atoms with Crippen LogP contribution in [-0.4, -0.2) is 23.9 Å². The average molecular weight is 112 g/mol. The van der Waals surface area contributed by atoms with E-state index < -0.39 is 0 Å². The second-order valence-electron chi connectivity index (χ2n) is 1.93. The van der Waals surface area contributed by atoms with E-state index in [1.165, 1.54) is 0 Å². The molecule has 1 radical (unpaired) electrons. The minimum absolute atomic E-state index is 0.271. The first-order chi connectivity index (χ1) is 3.84. The van der Waals surface area contributed by atoms with Gasteiger partial charge in [-0.15, -0.1) is 0 Å². The molecule has 0 atom stereocenters. The maximum Gasteiger partial charge on any atom is 0.222 e. The monoisotopic (exact) mass is 112 g/mol. The molecule has 0 N–H and O–H groups in total. The fourth-order valence-corrected chi connectivity index (χ4v) is 0.880. The minimum atomic E-state index is 0.271. The molecule has 45 valence electrons. The zero-order valence-corrected chi connectivity index (χ0v) is 5.05. The number of hydrogen-bond donors (Lipinski definition) is 0. The van der Waals surface area contributed by atoms with E-state index in [1.807, 2.05) is 18.2 Å². The van der Waals surface area contributed by atoms with Gasteiger partial charge in [0, 0.05) is 19.5 Å². The van der Waals surface area contributed by atoms with E-state index in [0.717, 1.165) is 13.1 Å².